The van der Waals surface area contributed by atoms with Crippen molar-refractivity contribution in [2.45, 2.75) is 45.8 Å². The van der Waals surface area contributed by atoms with Crippen LogP contribution in [-0.2, 0) is 25.0 Å². The van der Waals surface area contributed by atoms with Crippen LogP contribution in [0.3, 0.4) is 0 Å². The number of nitrogens with zero attached hydrogens (tertiary/aromatic N) is 6. The maximum Gasteiger partial charge on any atom is 0.257 e. The number of benzene rings is 2. The first-order valence-electron chi connectivity index (χ1n) is 11.2. The smallest absolute Gasteiger partial charge is 0.257 e. The lowest BCUT2D eigenvalue weighted by atomic mass is 9.95. The molecule has 5 rings (SSSR count). The van der Waals surface area contributed by atoms with Crippen LogP contribution in [0.15, 0.2) is 53.5 Å². The molecule has 4 aromatic rings. The highest BCUT2D eigenvalue weighted by molar-refractivity contribution is 5.94. The van der Waals surface area contributed by atoms with Crippen LogP contribution in [0.1, 0.15) is 48.3 Å². The summed E-state index contributed by atoms with van der Waals surface area (Å²) < 4.78 is 18.5. The third-order valence-electron chi connectivity index (χ3n) is 6.07. The van der Waals surface area contributed by atoms with E-state index in [1.165, 1.54) is 12.3 Å². The average Bonchev–Trinajstić information content (AvgIpc) is 3.26. The summed E-state index contributed by atoms with van der Waals surface area (Å²) in [5, 5.41) is 13.4. The molecule has 2 aromatic carbocycles. The van der Waals surface area contributed by atoms with Crippen LogP contribution >= 0.6 is 0 Å². The summed E-state index contributed by atoms with van der Waals surface area (Å²) in [4.78, 5) is 27.0. The van der Waals surface area contributed by atoms with Gasteiger partial charge in [-0.15, -0.1) is 10.2 Å². The summed E-state index contributed by atoms with van der Waals surface area (Å²) >= 11 is 0. The van der Waals surface area contributed by atoms with Crippen molar-refractivity contribution in [3.05, 3.63) is 87.5 Å². The molecule has 34 heavy (non-hydrogen) atoms. The summed E-state index contributed by atoms with van der Waals surface area (Å²) in [6.07, 6.45) is 1.27. The number of carbonyl (C=O) groups is 1. The van der Waals surface area contributed by atoms with Gasteiger partial charge in [0.05, 0.1) is 30.4 Å². The molecule has 1 aliphatic rings. The summed E-state index contributed by atoms with van der Waals surface area (Å²) in [6.45, 7) is 7.80. The number of para-hydroxylation sites is 1. The minimum atomic E-state index is -0.575. The molecule has 0 saturated carbocycles. The molecule has 0 atom stereocenters. The van der Waals surface area contributed by atoms with Gasteiger partial charge in [0.25, 0.3) is 5.91 Å². The number of halogens is 1. The van der Waals surface area contributed by atoms with Gasteiger partial charge in [0.2, 0.25) is 5.43 Å². The maximum atomic E-state index is 14.7. The Morgan fingerprint density at radius 1 is 1.09 bits per heavy atom. The van der Waals surface area contributed by atoms with Crippen LogP contribution in [0.5, 0.6) is 0 Å². The molecular weight excluding hydrogens is 435 g/mol. The molecule has 0 bridgehead atoms. The molecule has 2 aromatic heterocycles. The second-order valence-corrected chi connectivity index (χ2v) is 9.57. The van der Waals surface area contributed by atoms with Gasteiger partial charge in [0.1, 0.15) is 11.6 Å². The Labute approximate surface area is 195 Å². The van der Waals surface area contributed by atoms with Gasteiger partial charge in [0, 0.05) is 23.9 Å². The normalized spacial score (nSPS) is 13.8. The summed E-state index contributed by atoms with van der Waals surface area (Å²) in [5.41, 5.74) is 1.08. The number of hydrogen-bond donors (Lipinski definition) is 0. The Bertz CT molecular complexity index is 1470. The Hall–Kier alpha value is -3.88. The van der Waals surface area contributed by atoms with Crippen molar-refractivity contribution in [3.63, 3.8) is 0 Å². The molecule has 0 spiro atoms. The van der Waals surface area contributed by atoms with E-state index >= 15 is 0 Å². The number of rotatable bonds is 3. The first kappa shape index (κ1) is 21.9. The van der Waals surface area contributed by atoms with Crippen molar-refractivity contribution < 1.29 is 9.18 Å². The van der Waals surface area contributed by atoms with Crippen molar-refractivity contribution in [2.75, 3.05) is 6.54 Å². The molecule has 0 N–H and O–H groups in total. The number of hydrogen-bond acceptors (Lipinski definition) is 5. The molecule has 0 unspecified atom stereocenters. The Balaban J connectivity index is 1.42. The lowest BCUT2D eigenvalue weighted by Gasteiger charge is -2.30. The van der Waals surface area contributed by atoms with Gasteiger partial charge in [-0.2, -0.15) is 5.10 Å². The highest BCUT2D eigenvalue weighted by atomic mass is 19.1. The largest absolute Gasteiger partial charge is 0.329 e. The molecule has 1 aliphatic heterocycles. The molecule has 8 nitrogen and oxygen atoms in total. The Morgan fingerprint density at radius 3 is 2.68 bits per heavy atom. The van der Waals surface area contributed by atoms with Crippen molar-refractivity contribution in [1.29, 1.82) is 0 Å². The summed E-state index contributed by atoms with van der Waals surface area (Å²) in [6, 6.07) is 11.7. The van der Waals surface area contributed by atoms with E-state index in [0.717, 1.165) is 5.82 Å². The van der Waals surface area contributed by atoms with Crippen LogP contribution < -0.4 is 5.43 Å². The molecule has 0 aliphatic carbocycles. The fourth-order valence-electron chi connectivity index (χ4n) is 4.35. The minimum absolute atomic E-state index is 0.00635. The molecule has 3 heterocycles. The minimum Gasteiger partial charge on any atom is -0.329 e. The third kappa shape index (κ3) is 3.87. The van der Waals surface area contributed by atoms with E-state index in [9.17, 15) is 14.0 Å². The zero-order valence-corrected chi connectivity index (χ0v) is 19.3. The van der Waals surface area contributed by atoms with E-state index in [4.69, 9.17) is 0 Å². The van der Waals surface area contributed by atoms with Crippen molar-refractivity contribution in [3.8, 4) is 0 Å². The van der Waals surface area contributed by atoms with E-state index in [1.54, 1.807) is 33.8 Å². The van der Waals surface area contributed by atoms with Crippen molar-refractivity contribution in [2.24, 2.45) is 0 Å². The fraction of sp³-hybridized carbons (Fsp3) is 0.320. The van der Waals surface area contributed by atoms with E-state index in [0.29, 0.717) is 41.9 Å². The van der Waals surface area contributed by atoms with Gasteiger partial charge in [-0.05, 0) is 29.8 Å². The number of fused-ring (bicyclic) bond motifs is 2. The summed E-state index contributed by atoms with van der Waals surface area (Å²) in [5.74, 6) is 0.617. The van der Waals surface area contributed by atoms with Gasteiger partial charge in [0.15, 0.2) is 5.82 Å². The number of carbonyl (C=O) groups excluding carboxylic acids is 1. The molecule has 0 fully saturated rings. The molecular formula is C25H25FN6O2. The van der Waals surface area contributed by atoms with Gasteiger partial charge < -0.3 is 9.47 Å². The van der Waals surface area contributed by atoms with E-state index in [-0.39, 0.29) is 28.9 Å². The highest BCUT2D eigenvalue weighted by Gasteiger charge is 2.30. The average molecular weight is 461 g/mol. The first-order chi connectivity index (χ1) is 16.2. The van der Waals surface area contributed by atoms with Crippen molar-refractivity contribution in [1.82, 2.24) is 29.4 Å². The maximum absolute atomic E-state index is 14.7. The lowest BCUT2D eigenvalue weighted by molar-refractivity contribution is 0.0700. The van der Waals surface area contributed by atoms with E-state index in [1.807, 2.05) is 16.7 Å². The standard InChI is InChI=1S/C25H25FN6O2/c1-25(2,3)24-29-28-22-15-30(10-11-31(22)24)23(34)18-12-16(8-9-19(18)26)14-32-20-7-5-4-6-17(20)21(33)13-27-32/h4-9,12-13H,10-11,14-15H2,1-3H3. The molecule has 1 amide bonds. The highest BCUT2D eigenvalue weighted by Crippen LogP contribution is 2.25. The van der Waals surface area contributed by atoms with Gasteiger partial charge in [-0.25, -0.2) is 4.39 Å². The number of amides is 1. The van der Waals surface area contributed by atoms with Gasteiger partial charge >= 0.3 is 0 Å². The quantitative estimate of drug-likeness (QED) is 0.469. The van der Waals surface area contributed by atoms with Crippen LogP contribution in [0.4, 0.5) is 4.39 Å². The topological polar surface area (TPSA) is 85.9 Å². The predicted molar refractivity (Wildman–Crippen MR) is 125 cm³/mol. The lowest BCUT2D eigenvalue weighted by Crippen LogP contribution is -2.40. The predicted octanol–water partition coefficient (Wildman–Crippen LogP) is 3.13. The first-order valence-corrected chi connectivity index (χ1v) is 11.2. The monoisotopic (exact) mass is 460 g/mol. The van der Waals surface area contributed by atoms with Gasteiger partial charge in [-0.1, -0.05) is 39.0 Å². The fourth-order valence-corrected chi connectivity index (χ4v) is 4.35. The van der Waals surface area contributed by atoms with Crippen LogP contribution in [0.2, 0.25) is 0 Å². The Morgan fingerprint density at radius 2 is 1.88 bits per heavy atom. The summed E-state index contributed by atoms with van der Waals surface area (Å²) in [7, 11) is 0. The van der Waals surface area contributed by atoms with Crippen LogP contribution in [-0.4, -0.2) is 41.9 Å². The molecule has 0 saturated heterocycles. The zero-order valence-electron chi connectivity index (χ0n) is 19.3. The molecule has 0 radical (unpaired) electrons. The molecule has 9 heteroatoms. The van der Waals surface area contributed by atoms with Crippen molar-refractivity contribution >= 4 is 16.8 Å². The SMILES string of the molecule is CC(C)(C)c1nnc2n1CCN(C(=O)c1cc(Cn3ncc(=O)c4ccccc43)ccc1F)C2. The van der Waals surface area contributed by atoms with Crippen LogP contribution in [0, 0.1) is 5.82 Å². The Kier molecular flexibility index (Phi) is 5.27. The number of aromatic nitrogens is 5. The van der Waals surface area contributed by atoms with Crippen LogP contribution in [0.25, 0.3) is 10.9 Å². The second kappa shape index (κ2) is 8.16. The molecule has 174 valence electrons. The third-order valence-corrected chi connectivity index (χ3v) is 6.07. The van der Waals surface area contributed by atoms with Gasteiger partial charge in [-0.3, -0.25) is 14.3 Å². The van der Waals surface area contributed by atoms with E-state index in [2.05, 4.69) is 36.1 Å². The zero-order chi connectivity index (χ0) is 24.0. The van der Waals surface area contributed by atoms with E-state index < -0.39 is 5.82 Å². The second-order valence-electron chi connectivity index (χ2n) is 9.57.